The van der Waals surface area contributed by atoms with E-state index < -0.39 is 28.5 Å². The molecule has 0 spiro atoms. The summed E-state index contributed by atoms with van der Waals surface area (Å²) in [4.78, 5) is 10.9. The number of primary amides is 1. The van der Waals surface area contributed by atoms with E-state index in [1.807, 2.05) is 0 Å². The van der Waals surface area contributed by atoms with Crippen LogP contribution in [0.1, 0.15) is 12.8 Å². The Morgan fingerprint density at radius 3 is 2.73 bits per heavy atom. The molecule has 3 N–H and O–H groups in total. The van der Waals surface area contributed by atoms with Crippen molar-refractivity contribution in [3.05, 3.63) is 0 Å². The van der Waals surface area contributed by atoms with Gasteiger partial charge in [-0.1, -0.05) is 0 Å². The summed E-state index contributed by atoms with van der Waals surface area (Å²) in [6.07, 6.45) is 1.28. The van der Waals surface area contributed by atoms with Gasteiger partial charge in [-0.3, -0.25) is 4.79 Å². The van der Waals surface area contributed by atoms with Crippen LogP contribution >= 0.6 is 0 Å². The summed E-state index contributed by atoms with van der Waals surface area (Å²) in [7, 11) is -3.42. The van der Waals surface area contributed by atoms with E-state index in [9.17, 15) is 13.2 Å². The van der Waals surface area contributed by atoms with E-state index >= 15 is 0 Å². The summed E-state index contributed by atoms with van der Waals surface area (Å²) in [5, 5.41) is 8.61. The molecule has 0 radical (unpaired) electrons. The zero-order valence-electron chi connectivity index (χ0n) is 8.42. The molecule has 1 fully saturated rings. The summed E-state index contributed by atoms with van der Waals surface area (Å²) in [5.74, 6) is -1.15. The molecule has 1 heterocycles. The number of piperidine rings is 1. The Morgan fingerprint density at radius 1 is 1.53 bits per heavy atom. The van der Waals surface area contributed by atoms with Crippen LogP contribution in [0.15, 0.2) is 0 Å². The maximum absolute atomic E-state index is 11.6. The number of rotatable bonds is 4. The average molecular weight is 236 g/mol. The fraction of sp³-hybridized carbons (Fsp3) is 0.875. The predicted octanol–water partition coefficient (Wildman–Crippen LogP) is -1.49. The topological polar surface area (TPSA) is 101 Å². The average Bonchev–Trinajstić information content (AvgIpc) is 2.18. The number of aliphatic hydroxyl groups excluding tert-OH is 1. The first-order valence-electron chi connectivity index (χ1n) is 4.85. The molecule has 0 saturated carbocycles. The van der Waals surface area contributed by atoms with Gasteiger partial charge in [0.15, 0.2) is 0 Å². The molecule has 88 valence electrons. The van der Waals surface area contributed by atoms with Crippen LogP contribution in [0.25, 0.3) is 0 Å². The van der Waals surface area contributed by atoms with Crippen molar-refractivity contribution in [2.45, 2.75) is 12.8 Å². The molecule has 1 saturated heterocycles. The molecular weight excluding hydrogens is 220 g/mol. The minimum absolute atomic E-state index is 0.150. The first kappa shape index (κ1) is 12.4. The lowest BCUT2D eigenvalue weighted by Gasteiger charge is -2.30. The van der Waals surface area contributed by atoms with E-state index in [1.54, 1.807) is 0 Å². The van der Waals surface area contributed by atoms with Gasteiger partial charge in [-0.05, 0) is 12.8 Å². The van der Waals surface area contributed by atoms with Crippen molar-refractivity contribution in [2.24, 2.45) is 11.7 Å². The van der Waals surface area contributed by atoms with Crippen molar-refractivity contribution >= 4 is 15.9 Å². The fourth-order valence-corrected chi connectivity index (χ4v) is 2.98. The first-order chi connectivity index (χ1) is 6.97. The highest BCUT2D eigenvalue weighted by Gasteiger charge is 2.30. The molecule has 0 aromatic rings. The van der Waals surface area contributed by atoms with E-state index in [0.717, 1.165) is 0 Å². The second-order valence-corrected chi connectivity index (χ2v) is 5.73. The lowest BCUT2D eigenvalue weighted by Crippen LogP contribution is -2.45. The third-order valence-corrected chi connectivity index (χ3v) is 4.35. The summed E-state index contributed by atoms with van der Waals surface area (Å²) in [5.41, 5.74) is 5.14. The molecule has 6 nitrogen and oxygen atoms in total. The van der Waals surface area contributed by atoms with E-state index in [4.69, 9.17) is 10.8 Å². The first-order valence-corrected chi connectivity index (χ1v) is 6.46. The van der Waals surface area contributed by atoms with Crippen molar-refractivity contribution in [1.82, 2.24) is 4.31 Å². The summed E-state index contributed by atoms with van der Waals surface area (Å²) < 4.78 is 24.4. The van der Waals surface area contributed by atoms with Crippen molar-refractivity contribution in [3.8, 4) is 0 Å². The van der Waals surface area contributed by atoms with Gasteiger partial charge in [0.1, 0.15) is 0 Å². The highest BCUT2D eigenvalue weighted by molar-refractivity contribution is 7.89. The normalized spacial score (nSPS) is 23.9. The predicted molar refractivity (Wildman–Crippen MR) is 54.4 cm³/mol. The third-order valence-electron chi connectivity index (χ3n) is 2.53. The van der Waals surface area contributed by atoms with Crippen LogP contribution in [0.4, 0.5) is 0 Å². The minimum atomic E-state index is -3.42. The Morgan fingerprint density at radius 2 is 2.20 bits per heavy atom. The van der Waals surface area contributed by atoms with Gasteiger partial charge < -0.3 is 10.8 Å². The summed E-state index contributed by atoms with van der Waals surface area (Å²) in [6, 6.07) is 0. The monoisotopic (exact) mass is 236 g/mol. The van der Waals surface area contributed by atoms with Crippen molar-refractivity contribution < 1.29 is 18.3 Å². The highest BCUT2D eigenvalue weighted by atomic mass is 32.2. The standard InChI is InChI=1S/C8H16N2O4S/c9-8(12)7-2-1-3-10(6-7)15(13,14)5-4-11/h7,11H,1-6H2,(H2,9,12). The Bertz CT molecular complexity index is 328. The summed E-state index contributed by atoms with van der Waals surface area (Å²) in [6.45, 7) is 0.157. The number of nitrogens with two attached hydrogens (primary N) is 1. The van der Waals surface area contributed by atoms with Gasteiger partial charge in [0, 0.05) is 13.1 Å². The van der Waals surface area contributed by atoms with Gasteiger partial charge in [-0.25, -0.2) is 12.7 Å². The molecule has 0 aromatic carbocycles. The number of hydrogen-bond donors (Lipinski definition) is 2. The largest absolute Gasteiger partial charge is 0.395 e. The van der Waals surface area contributed by atoms with Gasteiger partial charge in [0.25, 0.3) is 0 Å². The molecule has 15 heavy (non-hydrogen) atoms. The van der Waals surface area contributed by atoms with Crippen LogP contribution in [0.5, 0.6) is 0 Å². The number of nitrogens with zero attached hydrogens (tertiary/aromatic N) is 1. The number of carbonyl (C=O) groups is 1. The van der Waals surface area contributed by atoms with E-state index in [1.165, 1.54) is 4.31 Å². The van der Waals surface area contributed by atoms with Gasteiger partial charge in [-0.15, -0.1) is 0 Å². The molecule has 1 aliphatic rings. The zero-order valence-corrected chi connectivity index (χ0v) is 9.24. The highest BCUT2D eigenvalue weighted by Crippen LogP contribution is 2.18. The Balaban J connectivity index is 2.67. The van der Waals surface area contributed by atoms with Gasteiger partial charge in [0.05, 0.1) is 18.3 Å². The molecular formula is C8H16N2O4S. The Labute approximate surface area is 89.1 Å². The quantitative estimate of drug-likeness (QED) is 0.620. The zero-order chi connectivity index (χ0) is 11.5. The van der Waals surface area contributed by atoms with Gasteiger partial charge in [0.2, 0.25) is 15.9 Å². The van der Waals surface area contributed by atoms with Gasteiger partial charge >= 0.3 is 0 Å². The number of aliphatic hydroxyl groups is 1. The van der Waals surface area contributed by atoms with Crippen molar-refractivity contribution in [2.75, 3.05) is 25.4 Å². The number of carbonyl (C=O) groups excluding carboxylic acids is 1. The van der Waals surface area contributed by atoms with Crippen LogP contribution in [-0.4, -0.2) is 49.2 Å². The minimum Gasteiger partial charge on any atom is -0.395 e. The van der Waals surface area contributed by atoms with Crippen molar-refractivity contribution in [1.29, 1.82) is 0 Å². The van der Waals surface area contributed by atoms with Crippen LogP contribution in [-0.2, 0) is 14.8 Å². The number of amides is 1. The number of sulfonamides is 1. The van der Waals surface area contributed by atoms with Crippen LogP contribution in [0.3, 0.4) is 0 Å². The molecule has 1 aliphatic heterocycles. The van der Waals surface area contributed by atoms with Crippen LogP contribution in [0, 0.1) is 5.92 Å². The summed E-state index contributed by atoms with van der Waals surface area (Å²) >= 11 is 0. The molecule has 1 unspecified atom stereocenters. The van der Waals surface area contributed by atoms with Crippen LogP contribution < -0.4 is 5.73 Å². The van der Waals surface area contributed by atoms with Crippen molar-refractivity contribution in [3.63, 3.8) is 0 Å². The van der Waals surface area contributed by atoms with Crippen LogP contribution in [0.2, 0.25) is 0 Å². The molecule has 0 aromatic heterocycles. The second-order valence-electron chi connectivity index (χ2n) is 3.64. The fourth-order valence-electron chi connectivity index (χ4n) is 1.67. The third kappa shape index (κ3) is 3.15. The Kier molecular flexibility index (Phi) is 4.06. The Hall–Kier alpha value is -0.660. The van der Waals surface area contributed by atoms with Gasteiger partial charge in [-0.2, -0.15) is 0 Å². The molecule has 1 atom stereocenters. The maximum atomic E-state index is 11.6. The molecule has 1 rings (SSSR count). The smallest absolute Gasteiger partial charge is 0.221 e. The van der Waals surface area contributed by atoms with E-state index in [0.29, 0.717) is 19.4 Å². The number of hydrogen-bond acceptors (Lipinski definition) is 4. The molecule has 0 bridgehead atoms. The lowest BCUT2D eigenvalue weighted by atomic mass is 9.99. The SMILES string of the molecule is NC(=O)C1CCCN(S(=O)(=O)CCO)C1. The van der Waals surface area contributed by atoms with E-state index in [-0.39, 0.29) is 12.3 Å². The molecule has 0 aliphatic carbocycles. The lowest BCUT2D eigenvalue weighted by molar-refractivity contribution is -0.122. The second kappa shape index (κ2) is 4.91. The molecule has 1 amide bonds. The maximum Gasteiger partial charge on any atom is 0.221 e. The van der Waals surface area contributed by atoms with E-state index in [2.05, 4.69) is 0 Å². The molecule has 7 heteroatoms.